The lowest BCUT2D eigenvalue weighted by Crippen LogP contribution is -2.52. The van der Waals surface area contributed by atoms with Crippen molar-refractivity contribution in [3.05, 3.63) is 95.6 Å². The largest absolute Gasteiger partial charge is 0.496 e. The summed E-state index contributed by atoms with van der Waals surface area (Å²) in [6.45, 7) is 0.623. The molecular weight excluding hydrogens is 554 g/mol. The third-order valence-electron chi connectivity index (χ3n) is 7.90. The van der Waals surface area contributed by atoms with Crippen LogP contribution in [-0.2, 0) is 26.8 Å². The van der Waals surface area contributed by atoms with Gasteiger partial charge in [-0.25, -0.2) is 0 Å². The Morgan fingerprint density at radius 1 is 0.881 bits per heavy atom. The molecule has 1 aliphatic rings. The molecule has 3 N–H and O–H groups in total. The van der Waals surface area contributed by atoms with E-state index < -0.39 is 21.7 Å². The second kappa shape index (κ2) is 14.6. The summed E-state index contributed by atoms with van der Waals surface area (Å²) < 4.78 is 48.4. The number of nitrogens with one attached hydrogen (secondary N) is 3. The predicted molar refractivity (Wildman–Crippen MR) is 163 cm³/mol. The molecule has 0 bridgehead atoms. The molecule has 0 aliphatic heterocycles. The average molecular weight is 596 g/mol. The topological polar surface area (TPSA) is 115 Å². The summed E-state index contributed by atoms with van der Waals surface area (Å²) in [5.74, 6) is 1.02. The monoisotopic (exact) mass is 595 g/mol. The fourth-order valence-electron chi connectivity index (χ4n) is 5.80. The van der Waals surface area contributed by atoms with Gasteiger partial charge in [0.25, 0.3) is 16.1 Å². The summed E-state index contributed by atoms with van der Waals surface area (Å²) in [7, 11) is 0.942. The van der Waals surface area contributed by atoms with E-state index in [4.69, 9.17) is 14.2 Å². The first kappa shape index (κ1) is 31.5. The Hall–Kier alpha value is -3.44. The van der Waals surface area contributed by atoms with Gasteiger partial charge < -0.3 is 19.5 Å². The zero-order valence-electron chi connectivity index (χ0n) is 24.5. The van der Waals surface area contributed by atoms with E-state index in [-0.39, 0.29) is 18.6 Å². The van der Waals surface area contributed by atoms with Crippen LogP contribution < -0.4 is 24.2 Å². The molecule has 0 aromatic heterocycles. The number of benzene rings is 3. The first-order valence-corrected chi connectivity index (χ1v) is 15.6. The molecule has 0 radical (unpaired) electrons. The number of amides is 1. The van der Waals surface area contributed by atoms with Crippen LogP contribution in [0.25, 0.3) is 0 Å². The fraction of sp³-hybridized carbons (Fsp3) is 0.406. The third kappa shape index (κ3) is 8.10. The van der Waals surface area contributed by atoms with E-state index in [9.17, 15) is 13.2 Å². The highest BCUT2D eigenvalue weighted by Gasteiger charge is 2.40. The highest BCUT2D eigenvalue weighted by Crippen LogP contribution is 2.43. The van der Waals surface area contributed by atoms with E-state index in [1.807, 2.05) is 60.7 Å². The van der Waals surface area contributed by atoms with Crippen molar-refractivity contribution in [1.29, 1.82) is 0 Å². The standard InChI is InChI=1S/C32H41N3O6S/c1-39-22-26(21-24-11-5-4-6-12-24)35-42(37,38)34-25-17-19-32(20-18-25,28-14-8-10-16-30(28)41-3)23-33-31(36)27-13-7-9-15-29(27)40-2/h4-16,25-26,34-35H,17-23H2,1-3H3,(H,33,36). The molecule has 3 aromatic rings. The molecule has 0 heterocycles. The highest BCUT2D eigenvalue weighted by atomic mass is 32.2. The van der Waals surface area contributed by atoms with Gasteiger partial charge in [-0.3, -0.25) is 4.79 Å². The smallest absolute Gasteiger partial charge is 0.277 e. The average Bonchev–Trinajstić information content (AvgIpc) is 3.01. The van der Waals surface area contributed by atoms with Gasteiger partial charge in [-0.05, 0) is 55.9 Å². The zero-order valence-corrected chi connectivity index (χ0v) is 25.3. The van der Waals surface area contributed by atoms with Crippen molar-refractivity contribution in [1.82, 2.24) is 14.8 Å². The van der Waals surface area contributed by atoms with Gasteiger partial charge in [0.15, 0.2) is 0 Å². The SMILES string of the molecule is COCC(Cc1ccccc1)NS(=O)(=O)NC1CCC(CNC(=O)c2ccccc2OC)(c2ccccc2OC)CC1. The lowest BCUT2D eigenvalue weighted by molar-refractivity contribution is 0.0931. The number of carbonyl (C=O) groups is 1. The minimum atomic E-state index is -3.80. The van der Waals surface area contributed by atoms with Gasteiger partial charge in [-0.15, -0.1) is 0 Å². The van der Waals surface area contributed by atoms with E-state index in [0.717, 1.165) is 16.9 Å². The minimum absolute atomic E-state index is 0.226. The van der Waals surface area contributed by atoms with Crippen molar-refractivity contribution in [2.45, 2.75) is 49.6 Å². The second-order valence-electron chi connectivity index (χ2n) is 10.7. The van der Waals surface area contributed by atoms with Crippen molar-refractivity contribution in [3.63, 3.8) is 0 Å². The van der Waals surface area contributed by atoms with Crippen LogP contribution in [0.15, 0.2) is 78.9 Å². The number of carbonyl (C=O) groups excluding carboxylic acids is 1. The zero-order chi connectivity index (χ0) is 30.0. The van der Waals surface area contributed by atoms with E-state index in [1.54, 1.807) is 39.5 Å². The lowest BCUT2D eigenvalue weighted by atomic mass is 9.68. The first-order valence-electron chi connectivity index (χ1n) is 14.2. The quantitative estimate of drug-likeness (QED) is 0.260. The van der Waals surface area contributed by atoms with Crippen molar-refractivity contribution in [3.8, 4) is 11.5 Å². The summed E-state index contributed by atoms with van der Waals surface area (Å²) in [6.07, 6.45) is 3.01. The van der Waals surface area contributed by atoms with E-state index >= 15 is 0 Å². The highest BCUT2D eigenvalue weighted by molar-refractivity contribution is 7.87. The first-order chi connectivity index (χ1) is 20.3. The Bertz CT molecular complexity index is 1410. The minimum Gasteiger partial charge on any atom is -0.496 e. The third-order valence-corrected chi connectivity index (χ3v) is 9.18. The molecule has 1 unspecified atom stereocenters. The van der Waals surface area contributed by atoms with Crippen molar-refractivity contribution in [2.24, 2.45) is 0 Å². The van der Waals surface area contributed by atoms with Crippen LogP contribution >= 0.6 is 0 Å². The summed E-state index contributed by atoms with van der Waals surface area (Å²) in [6, 6.07) is 24.0. The van der Waals surface area contributed by atoms with Crippen LogP contribution in [-0.4, -0.2) is 60.9 Å². The summed E-state index contributed by atoms with van der Waals surface area (Å²) in [4.78, 5) is 13.2. The molecule has 42 heavy (non-hydrogen) atoms. The maximum atomic E-state index is 13.2. The van der Waals surface area contributed by atoms with Crippen molar-refractivity contribution < 1.29 is 27.4 Å². The van der Waals surface area contributed by atoms with E-state index in [2.05, 4.69) is 14.8 Å². The van der Waals surface area contributed by atoms with Crippen LogP contribution in [0.4, 0.5) is 0 Å². The van der Waals surface area contributed by atoms with Gasteiger partial charge in [0.1, 0.15) is 11.5 Å². The van der Waals surface area contributed by atoms with Gasteiger partial charge in [0.05, 0.1) is 32.4 Å². The molecule has 0 saturated heterocycles. The molecule has 4 rings (SSSR count). The molecule has 226 valence electrons. The number of hydrogen-bond acceptors (Lipinski definition) is 6. The van der Waals surface area contributed by atoms with Crippen LogP contribution in [0.2, 0.25) is 0 Å². The Balaban J connectivity index is 1.46. The Morgan fingerprint density at radius 3 is 2.17 bits per heavy atom. The molecule has 9 nitrogen and oxygen atoms in total. The summed E-state index contributed by atoms with van der Waals surface area (Å²) in [5, 5.41) is 3.12. The van der Waals surface area contributed by atoms with Crippen LogP contribution in [0, 0.1) is 0 Å². The number of methoxy groups -OCH3 is 3. The number of ether oxygens (including phenoxy) is 3. The van der Waals surface area contributed by atoms with Gasteiger partial charge in [-0.2, -0.15) is 17.9 Å². The number of hydrogen-bond donors (Lipinski definition) is 3. The maximum absolute atomic E-state index is 13.2. The molecule has 0 spiro atoms. The van der Waals surface area contributed by atoms with E-state index in [0.29, 0.717) is 50.0 Å². The summed E-state index contributed by atoms with van der Waals surface area (Å²) >= 11 is 0. The molecule has 3 aromatic carbocycles. The predicted octanol–water partition coefficient (Wildman–Crippen LogP) is 4.00. The van der Waals surface area contributed by atoms with Crippen LogP contribution in [0.1, 0.15) is 47.2 Å². The second-order valence-corrected chi connectivity index (χ2v) is 12.2. The van der Waals surface area contributed by atoms with E-state index in [1.165, 1.54) is 0 Å². The van der Waals surface area contributed by atoms with Gasteiger partial charge in [-0.1, -0.05) is 60.7 Å². The molecule has 1 atom stereocenters. The van der Waals surface area contributed by atoms with Crippen molar-refractivity contribution in [2.75, 3.05) is 34.5 Å². The van der Waals surface area contributed by atoms with Crippen LogP contribution in [0.3, 0.4) is 0 Å². The molecule has 1 saturated carbocycles. The van der Waals surface area contributed by atoms with Gasteiger partial charge in [0, 0.05) is 30.7 Å². The molecular formula is C32H41N3O6S. The fourth-order valence-corrected chi connectivity index (χ4v) is 7.13. The van der Waals surface area contributed by atoms with Crippen LogP contribution in [0.5, 0.6) is 11.5 Å². The lowest BCUT2D eigenvalue weighted by Gasteiger charge is -2.41. The maximum Gasteiger partial charge on any atom is 0.277 e. The van der Waals surface area contributed by atoms with Gasteiger partial charge in [0.2, 0.25) is 0 Å². The molecule has 10 heteroatoms. The number of para-hydroxylation sites is 2. The van der Waals surface area contributed by atoms with Gasteiger partial charge >= 0.3 is 0 Å². The molecule has 1 amide bonds. The number of rotatable bonds is 14. The normalized spacial score (nSPS) is 19.5. The molecule has 1 fully saturated rings. The molecule has 1 aliphatic carbocycles. The Kier molecular flexibility index (Phi) is 11.0. The Labute approximate surface area is 249 Å². The van der Waals surface area contributed by atoms with Crippen molar-refractivity contribution >= 4 is 16.1 Å². The Morgan fingerprint density at radius 2 is 1.50 bits per heavy atom. The summed E-state index contributed by atoms with van der Waals surface area (Å²) in [5.41, 5.74) is 2.04.